The van der Waals surface area contributed by atoms with Gasteiger partial charge in [-0.2, -0.15) is 13.2 Å². The van der Waals surface area contributed by atoms with Gasteiger partial charge in [0.25, 0.3) is 0 Å². The number of hydrogen-bond acceptors (Lipinski definition) is 3. The summed E-state index contributed by atoms with van der Waals surface area (Å²) >= 11 is 0. The summed E-state index contributed by atoms with van der Waals surface area (Å²) in [6, 6.07) is 8.81. The Kier molecular flexibility index (Phi) is 4.68. The lowest BCUT2D eigenvalue weighted by Gasteiger charge is -2.26. The van der Waals surface area contributed by atoms with E-state index in [4.69, 9.17) is 0 Å². The lowest BCUT2D eigenvalue weighted by molar-refractivity contribution is -0.141. The van der Waals surface area contributed by atoms with Gasteiger partial charge in [-0.15, -0.1) is 0 Å². The van der Waals surface area contributed by atoms with Crippen molar-refractivity contribution in [1.82, 2.24) is 9.97 Å². The Morgan fingerprint density at radius 2 is 1.86 bits per heavy atom. The molecule has 0 amide bonds. The van der Waals surface area contributed by atoms with E-state index in [0.717, 1.165) is 23.4 Å². The van der Waals surface area contributed by atoms with Crippen molar-refractivity contribution in [3.8, 4) is 0 Å². The Balaban J connectivity index is 2.17. The second-order valence-corrected chi connectivity index (χ2v) is 5.33. The molecular weight excluding hydrogens is 291 g/mol. The number of likely N-dealkylation sites (N-methyl/N-ethyl adjacent to an activating group) is 1. The topological polar surface area (TPSA) is 29.0 Å². The van der Waals surface area contributed by atoms with Crippen molar-refractivity contribution in [1.29, 1.82) is 0 Å². The highest BCUT2D eigenvalue weighted by molar-refractivity contribution is 5.33. The zero-order valence-corrected chi connectivity index (χ0v) is 12.7. The molecule has 1 aromatic heterocycles. The highest BCUT2D eigenvalue weighted by Gasteiger charge is 2.33. The third-order valence-corrected chi connectivity index (χ3v) is 3.69. The van der Waals surface area contributed by atoms with Gasteiger partial charge in [-0.1, -0.05) is 24.3 Å². The van der Waals surface area contributed by atoms with Gasteiger partial charge in [-0.3, -0.25) is 0 Å². The van der Waals surface area contributed by atoms with Crippen LogP contribution in [0.3, 0.4) is 0 Å². The summed E-state index contributed by atoms with van der Waals surface area (Å²) in [6.07, 6.45) is -2.61. The fraction of sp³-hybridized carbons (Fsp3) is 0.375. The summed E-state index contributed by atoms with van der Waals surface area (Å²) in [5.41, 5.74) is 1.40. The van der Waals surface area contributed by atoms with Gasteiger partial charge in [-0.25, -0.2) is 9.97 Å². The molecule has 0 aliphatic rings. The minimum absolute atomic E-state index is 0.0235. The molecule has 1 heterocycles. The molecule has 0 N–H and O–H groups in total. The third-order valence-electron chi connectivity index (χ3n) is 3.69. The molecular formula is C16H18F3N3. The van der Waals surface area contributed by atoms with Crippen LogP contribution in [-0.2, 0) is 12.6 Å². The summed E-state index contributed by atoms with van der Waals surface area (Å²) in [7, 11) is 1.71. The predicted octanol–water partition coefficient (Wildman–Crippen LogP) is 3.87. The van der Waals surface area contributed by atoms with E-state index in [2.05, 4.69) is 9.97 Å². The Morgan fingerprint density at radius 3 is 2.50 bits per heavy atom. The van der Waals surface area contributed by atoms with Crippen LogP contribution in [0.1, 0.15) is 23.7 Å². The van der Waals surface area contributed by atoms with Crippen LogP contribution in [0.25, 0.3) is 0 Å². The van der Waals surface area contributed by atoms with Crippen LogP contribution in [0, 0.1) is 6.92 Å². The van der Waals surface area contributed by atoms with E-state index in [1.165, 1.54) is 0 Å². The van der Waals surface area contributed by atoms with E-state index < -0.39 is 11.9 Å². The molecule has 0 aliphatic heterocycles. The van der Waals surface area contributed by atoms with Crippen molar-refractivity contribution in [3.05, 3.63) is 53.3 Å². The second kappa shape index (κ2) is 6.34. The minimum atomic E-state index is -4.46. The molecule has 1 atom stereocenters. The molecule has 6 heteroatoms. The number of aryl methyl sites for hydroxylation is 1. The van der Waals surface area contributed by atoms with E-state index in [0.29, 0.717) is 6.42 Å². The van der Waals surface area contributed by atoms with Gasteiger partial charge in [0, 0.05) is 19.3 Å². The summed E-state index contributed by atoms with van der Waals surface area (Å²) in [4.78, 5) is 9.24. The maximum absolute atomic E-state index is 12.7. The highest BCUT2D eigenvalue weighted by Crippen LogP contribution is 2.28. The predicted molar refractivity (Wildman–Crippen MR) is 79.8 cm³/mol. The van der Waals surface area contributed by atoms with Gasteiger partial charge in [-0.05, 0) is 37.5 Å². The quantitative estimate of drug-likeness (QED) is 0.858. The van der Waals surface area contributed by atoms with Crippen LogP contribution in [0.2, 0.25) is 0 Å². The number of benzene rings is 1. The molecule has 0 aliphatic carbocycles. The van der Waals surface area contributed by atoms with Crippen LogP contribution < -0.4 is 4.90 Å². The summed E-state index contributed by atoms with van der Waals surface area (Å²) in [5, 5.41) is 0. The van der Waals surface area contributed by atoms with E-state index >= 15 is 0 Å². The van der Waals surface area contributed by atoms with E-state index in [-0.39, 0.29) is 12.0 Å². The molecule has 0 radical (unpaired) electrons. The van der Waals surface area contributed by atoms with Gasteiger partial charge in [0.15, 0.2) is 0 Å². The molecule has 0 spiro atoms. The van der Waals surface area contributed by atoms with Gasteiger partial charge >= 0.3 is 6.18 Å². The van der Waals surface area contributed by atoms with Gasteiger partial charge in [0.05, 0.1) is 0 Å². The summed E-state index contributed by atoms with van der Waals surface area (Å²) in [6.45, 7) is 3.96. The number of halogens is 3. The van der Waals surface area contributed by atoms with Crippen LogP contribution in [0.4, 0.5) is 19.1 Å². The zero-order valence-electron chi connectivity index (χ0n) is 12.7. The zero-order chi connectivity index (χ0) is 16.3. The fourth-order valence-corrected chi connectivity index (χ4v) is 2.17. The van der Waals surface area contributed by atoms with E-state index in [9.17, 15) is 13.2 Å². The number of anilines is 1. The van der Waals surface area contributed by atoms with Crippen LogP contribution in [-0.4, -0.2) is 23.1 Å². The number of nitrogens with zero attached hydrogens (tertiary/aromatic N) is 3. The van der Waals surface area contributed by atoms with Crippen molar-refractivity contribution in [3.63, 3.8) is 0 Å². The smallest absolute Gasteiger partial charge is 0.341 e. The fourth-order valence-electron chi connectivity index (χ4n) is 2.17. The van der Waals surface area contributed by atoms with Crippen molar-refractivity contribution < 1.29 is 13.2 Å². The Bertz CT molecular complexity index is 641. The molecule has 22 heavy (non-hydrogen) atoms. The van der Waals surface area contributed by atoms with Gasteiger partial charge in [0.2, 0.25) is 5.95 Å². The number of hydrogen-bond donors (Lipinski definition) is 0. The number of rotatable bonds is 4. The Morgan fingerprint density at radius 1 is 1.18 bits per heavy atom. The molecule has 118 valence electrons. The number of alkyl halides is 3. The van der Waals surface area contributed by atoms with E-state index in [1.54, 1.807) is 11.9 Å². The molecule has 0 saturated carbocycles. The first-order chi connectivity index (χ1) is 10.3. The largest absolute Gasteiger partial charge is 0.433 e. The summed E-state index contributed by atoms with van der Waals surface area (Å²) in [5.74, 6) is 0.0795. The number of aromatic nitrogens is 2. The average Bonchev–Trinajstić information content (AvgIpc) is 2.48. The molecule has 0 unspecified atom stereocenters. The van der Waals surface area contributed by atoms with E-state index in [1.807, 2.05) is 38.1 Å². The Hall–Kier alpha value is -2.11. The standard InChI is InChI=1S/C16H18F3N3/c1-11-6-4-5-7-13(11)10-12(2)22(3)15-20-9-8-14(21-15)16(17,18)19/h4-9,12H,10H2,1-3H3/t12-/m1/s1. The maximum Gasteiger partial charge on any atom is 0.433 e. The lowest BCUT2D eigenvalue weighted by Crippen LogP contribution is -2.32. The second-order valence-electron chi connectivity index (χ2n) is 5.33. The maximum atomic E-state index is 12.7. The molecule has 2 rings (SSSR count). The van der Waals surface area contributed by atoms with Gasteiger partial charge in [0.1, 0.15) is 5.69 Å². The molecule has 1 aromatic carbocycles. The molecule has 2 aromatic rings. The highest BCUT2D eigenvalue weighted by atomic mass is 19.4. The third kappa shape index (κ3) is 3.75. The molecule has 0 fully saturated rings. The first kappa shape index (κ1) is 16.3. The van der Waals surface area contributed by atoms with Crippen LogP contribution >= 0.6 is 0 Å². The molecule has 0 saturated heterocycles. The van der Waals surface area contributed by atoms with Crippen LogP contribution in [0.5, 0.6) is 0 Å². The Labute approximate surface area is 127 Å². The first-order valence-corrected chi connectivity index (χ1v) is 6.96. The monoisotopic (exact) mass is 309 g/mol. The van der Waals surface area contributed by atoms with Crippen LogP contribution in [0.15, 0.2) is 36.5 Å². The average molecular weight is 309 g/mol. The van der Waals surface area contributed by atoms with Crippen molar-refractivity contribution in [2.24, 2.45) is 0 Å². The minimum Gasteiger partial charge on any atom is -0.341 e. The van der Waals surface area contributed by atoms with Gasteiger partial charge < -0.3 is 4.90 Å². The lowest BCUT2D eigenvalue weighted by atomic mass is 10.0. The van der Waals surface area contributed by atoms with Crippen molar-refractivity contribution in [2.45, 2.75) is 32.5 Å². The molecule has 3 nitrogen and oxygen atoms in total. The normalized spacial score (nSPS) is 13.0. The first-order valence-electron chi connectivity index (χ1n) is 6.96. The molecule has 0 bridgehead atoms. The van der Waals surface area contributed by atoms with Crippen molar-refractivity contribution >= 4 is 5.95 Å². The van der Waals surface area contributed by atoms with Crippen molar-refractivity contribution in [2.75, 3.05) is 11.9 Å². The summed E-state index contributed by atoms with van der Waals surface area (Å²) < 4.78 is 38.2. The SMILES string of the molecule is Cc1ccccc1C[C@@H](C)N(C)c1nccc(C(F)(F)F)n1.